The molecule has 4 saturated carbocycles. The number of nitrogens with zero attached hydrogens (tertiary/aromatic N) is 18. The van der Waals surface area contributed by atoms with Crippen LogP contribution >= 0.6 is 11.6 Å². The minimum absolute atomic E-state index is 0.264. The normalized spacial score (nSPS) is 18.0. The van der Waals surface area contributed by atoms with E-state index in [-0.39, 0.29) is 4.90 Å². The van der Waals surface area contributed by atoms with E-state index in [1.54, 1.807) is 98.1 Å². The number of pyridine rings is 1. The molecule has 14 aromatic rings. The molecule has 8 fully saturated rings. The van der Waals surface area contributed by atoms with E-state index in [1.165, 1.54) is 68.5 Å². The van der Waals surface area contributed by atoms with Crippen molar-refractivity contribution in [3.05, 3.63) is 230 Å². The van der Waals surface area contributed by atoms with Crippen LogP contribution in [-0.4, -0.2) is 239 Å². The fourth-order valence-corrected chi connectivity index (χ4v) is 26.1. The summed E-state index contributed by atoms with van der Waals surface area (Å²) in [6, 6.07) is 67.5. The molecule has 35 heteroatoms. The lowest BCUT2D eigenvalue weighted by atomic mass is 10.1. The summed E-state index contributed by atoms with van der Waals surface area (Å²) in [5, 5.41) is 22.4. The molecule has 22 rings (SSSR count). The number of para-hydroxylation sites is 4. The van der Waals surface area contributed by atoms with E-state index >= 15 is 0 Å². The van der Waals surface area contributed by atoms with Crippen LogP contribution in [0.25, 0.3) is 65.2 Å². The van der Waals surface area contributed by atoms with Gasteiger partial charge in [0.25, 0.3) is 0 Å². The summed E-state index contributed by atoms with van der Waals surface area (Å²) in [4.78, 5) is 54.6. The fourth-order valence-electron chi connectivity index (χ4n) is 19.8. The Hall–Kier alpha value is -11.9. The number of nitrogens with one attached hydrogen (secondary N) is 4. The van der Waals surface area contributed by atoms with Crippen LogP contribution in [0.3, 0.4) is 0 Å². The molecule has 0 unspecified atom stereocenters. The molecule has 0 radical (unpaired) electrons. The second-order valence-electron chi connectivity index (χ2n) is 36.3. The highest BCUT2D eigenvalue weighted by atomic mass is 35.5. The first-order valence-electron chi connectivity index (χ1n) is 47.6. The molecule has 136 heavy (non-hydrogen) atoms. The summed E-state index contributed by atoms with van der Waals surface area (Å²) in [6.45, 7) is 7.46. The maximum Gasteiger partial charge on any atom is 0.243 e. The van der Waals surface area contributed by atoms with Gasteiger partial charge >= 0.3 is 0 Å². The summed E-state index contributed by atoms with van der Waals surface area (Å²) < 4.78 is 113. The van der Waals surface area contributed by atoms with E-state index in [2.05, 4.69) is 64.0 Å². The van der Waals surface area contributed by atoms with Crippen LogP contribution in [0.1, 0.15) is 103 Å². The van der Waals surface area contributed by atoms with Crippen LogP contribution in [0.2, 0.25) is 5.02 Å². The third-order valence-electron chi connectivity index (χ3n) is 27.3. The Labute approximate surface area is 800 Å². The van der Waals surface area contributed by atoms with Crippen LogP contribution in [0.4, 0.5) is 52.8 Å². The zero-order valence-electron chi connectivity index (χ0n) is 76.6. The molecule has 0 spiro atoms. The third kappa shape index (κ3) is 20.6. The van der Waals surface area contributed by atoms with Crippen LogP contribution in [-0.2, 0) is 40.1 Å². The fraction of sp³-hybridized carbons (Fsp3) is 0.376. The lowest BCUT2D eigenvalue weighted by molar-refractivity contribution is 0.382. The summed E-state index contributed by atoms with van der Waals surface area (Å²) in [6.07, 6.45) is 22.6. The van der Waals surface area contributed by atoms with Gasteiger partial charge in [-0.3, -0.25) is 4.98 Å². The first-order valence-corrected chi connectivity index (χ1v) is 53.7. The summed E-state index contributed by atoms with van der Waals surface area (Å²) in [5.74, 6) is 6.11. The lowest BCUT2D eigenvalue weighted by Crippen LogP contribution is -2.49. The molecule has 4 N–H and O–H groups in total. The summed E-state index contributed by atoms with van der Waals surface area (Å²) in [5.41, 5.74) is 4.61. The Morgan fingerprint density at radius 2 is 0.581 bits per heavy atom. The van der Waals surface area contributed by atoms with Gasteiger partial charge in [-0.05, 0) is 161 Å². The van der Waals surface area contributed by atoms with E-state index in [1.807, 2.05) is 140 Å². The van der Waals surface area contributed by atoms with Crippen LogP contribution < -0.4 is 45.8 Å². The third-order valence-corrected chi connectivity index (χ3v) is 35.3. The van der Waals surface area contributed by atoms with E-state index in [9.17, 15) is 33.7 Å². The van der Waals surface area contributed by atoms with Crippen molar-refractivity contribution in [3.63, 3.8) is 0 Å². The Kier molecular flexibility index (Phi) is 28.2. The number of fused-ring (bicyclic) bond motifs is 6. The lowest BCUT2D eigenvalue weighted by Gasteiger charge is -2.34. The maximum atomic E-state index is 13.8. The average molecular weight is 1930 g/mol. The monoisotopic (exact) mass is 1930 g/mol. The average Bonchev–Trinajstić information content (AvgIpc) is 0.765. The second kappa shape index (κ2) is 41.2. The molecule has 5 aromatic heterocycles. The standard InChI is InChI=1S/C29H34N6O2S.C26H28N6O2S.C23H26ClN5O2S.C23H27N5O2S/c1-33(2)26-15-7-13-23-22(26)12-8-16-27(23)38(36,37)35-19-17-34(18-20-35)29-31-25-14-6-5-11-24(25)28(32-29)30-21-9-3-4-10-21;33-35(34,24-11-5-6-19-18-27-13-12-21(19)24)32-16-14-31(15-17-32)26-29-23-10-4-3-9-22(23)25(30-26)28-20-7-1-2-8-20;24-17-9-11-19(12-10-17)32(30,31)29-15-13-28(14-16-29)23-26-21-8-4-3-7-20(21)22(27-23)25-18-5-1-2-6-18;29-31(30,19-10-2-1-3-11-19)28-16-14-27(15-17-28)23-25-21-13-7-6-12-20(21)22(26-23)24-18-8-4-5-9-18/h5-8,11-16,21H,3-4,9-10,17-20H2,1-2H3,(H,30,31,32);3-6,9-13,18,20H,1-2,7-8,14-17H2,(H,28,29,30);3-4,7-12,18H,1-2,5-6,13-16H2,(H,25,26,27);1-3,6-7,10-13,18H,4-5,8-9,14-17H2,(H,24,25,26). The maximum absolute atomic E-state index is 13.8. The Morgan fingerprint density at radius 1 is 0.287 bits per heavy atom. The van der Waals surface area contributed by atoms with Crippen molar-refractivity contribution in [3.8, 4) is 0 Å². The van der Waals surface area contributed by atoms with E-state index in [4.69, 9.17) is 51.5 Å². The van der Waals surface area contributed by atoms with E-state index < -0.39 is 40.1 Å². The van der Waals surface area contributed by atoms with Crippen molar-refractivity contribution in [2.75, 3.05) is 165 Å². The van der Waals surface area contributed by atoms with Crippen molar-refractivity contribution < 1.29 is 33.7 Å². The summed E-state index contributed by atoms with van der Waals surface area (Å²) in [7, 11) is -10.4. The van der Waals surface area contributed by atoms with Crippen molar-refractivity contribution in [1.29, 1.82) is 0 Å². The van der Waals surface area contributed by atoms with Gasteiger partial charge in [0.1, 0.15) is 23.3 Å². The minimum Gasteiger partial charge on any atom is -0.377 e. The van der Waals surface area contributed by atoms with Crippen molar-refractivity contribution in [2.45, 2.75) is 146 Å². The predicted molar refractivity (Wildman–Crippen MR) is 543 cm³/mol. The van der Waals surface area contributed by atoms with Gasteiger partial charge in [-0.2, -0.15) is 37.2 Å². The molecule has 4 aliphatic heterocycles. The number of sulfonamides is 4. The molecule has 0 bridgehead atoms. The number of hydrogen-bond acceptors (Lipinski definition) is 26. The van der Waals surface area contributed by atoms with Gasteiger partial charge in [-0.25, -0.2) is 53.6 Å². The molecule has 708 valence electrons. The molecule has 0 atom stereocenters. The van der Waals surface area contributed by atoms with Crippen molar-refractivity contribution in [2.24, 2.45) is 0 Å². The number of aromatic nitrogens is 9. The molecular formula is C101H115ClN22O8S4. The topological polar surface area (TPSA) is 330 Å². The SMILES string of the molecule is CN(C)c1cccc2c(S(=O)(=O)N3CCN(c4nc(NC5CCCC5)c5ccccc5n4)CC3)cccc12.O=S(=O)(c1ccc(Cl)cc1)N1CCN(c2nc(NC3CCCC3)c3ccccc3n2)CC1.O=S(=O)(c1cccc2cnccc12)N1CCN(c2nc(NC3CCCC3)c3ccccc3n2)CC1.O=S(=O)(c1ccccc1)N1CCN(c2nc(NC3CCCC3)c3ccccc3n2)CC1. The largest absolute Gasteiger partial charge is 0.377 e. The highest BCUT2D eigenvalue weighted by Crippen LogP contribution is 2.39. The van der Waals surface area contributed by atoms with Crippen LogP contribution in [0.15, 0.2) is 244 Å². The Morgan fingerprint density at radius 3 is 0.934 bits per heavy atom. The molecule has 8 aliphatic rings. The zero-order chi connectivity index (χ0) is 93.5. The zero-order valence-corrected chi connectivity index (χ0v) is 80.6. The van der Waals surface area contributed by atoms with Gasteiger partial charge in [0.2, 0.25) is 63.9 Å². The number of halogens is 1. The number of hydrogen-bond donors (Lipinski definition) is 4. The quantitative estimate of drug-likeness (QED) is 0.0519. The number of anilines is 9. The van der Waals surface area contributed by atoms with Crippen LogP contribution in [0, 0.1) is 0 Å². The number of piperazine rings is 4. The molecule has 30 nitrogen and oxygen atoms in total. The molecule has 4 saturated heterocycles. The number of benzene rings is 9. The molecular weight excluding hydrogens is 1810 g/mol. The molecule has 9 aromatic carbocycles. The Bertz CT molecular complexity index is 7090. The predicted octanol–water partition coefficient (Wildman–Crippen LogP) is 16.4. The minimum atomic E-state index is -3.66. The first-order chi connectivity index (χ1) is 66.1. The molecule has 0 amide bonds. The highest BCUT2D eigenvalue weighted by Gasteiger charge is 2.37. The van der Waals surface area contributed by atoms with Gasteiger partial charge < -0.3 is 45.8 Å². The van der Waals surface area contributed by atoms with Gasteiger partial charge in [0.15, 0.2) is 0 Å². The highest BCUT2D eigenvalue weighted by molar-refractivity contribution is 7.90. The second-order valence-corrected chi connectivity index (χ2v) is 44.4. The van der Waals surface area contributed by atoms with Gasteiger partial charge in [0, 0.05) is 209 Å². The van der Waals surface area contributed by atoms with Crippen molar-refractivity contribution in [1.82, 2.24) is 62.1 Å². The number of rotatable bonds is 21. The van der Waals surface area contributed by atoms with Gasteiger partial charge in [-0.15, -0.1) is 0 Å². The van der Waals surface area contributed by atoms with E-state index in [0.717, 1.165) is 127 Å². The molecule has 4 aliphatic carbocycles. The van der Waals surface area contributed by atoms with Crippen LogP contribution in [0.5, 0.6) is 0 Å². The molecule has 9 heterocycles. The summed E-state index contributed by atoms with van der Waals surface area (Å²) >= 11 is 5.91. The Balaban J connectivity index is 0.000000117. The van der Waals surface area contributed by atoms with E-state index in [0.29, 0.717) is 178 Å². The van der Waals surface area contributed by atoms with Crippen molar-refractivity contribution >= 4 is 170 Å². The smallest absolute Gasteiger partial charge is 0.243 e. The first kappa shape index (κ1) is 93.2. The van der Waals surface area contributed by atoms with Gasteiger partial charge in [0.05, 0.1) is 41.6 Å². The van der Waals surface area contributed by atoms with Gasteiger partial charge in [-0.1, -0.05) is 166 Å².